The smallest absolute Gasteiger partial charge is 0.307 e. The highest BCUT2D eigenvalue weighted by Gasteiger charge is 2.37. The molecule has 0 spiro atoms. The average Bonchev–Trinajstić information content (AvgIpc) is 3.61. The summed E-state index contributed by atoms with van der Waals surface area (Å²) in [5, 5.41) is 7.28. The van der Waals surface area contributed by atoms with Crippen molar-refractivity contribution in [3.05, 3.63) is 120 Å². The van der Waals surface area contributed by atoms with Crippen molar-refractivity contribution in [1.82, 2.24) is 9.55 Å². The summed E-state index contributed by atoms with van der Waals surface area (Å²) < 4.78 is 8.68. The molecule has 0 N–H and O–H groups in total. The van der Waals surface area contributed by atoms with Gasteiger partial charge in [-0.1, -0.05) is 98.8 Å². The molecule has 3 heteroatoms. The summed E-state index contributed by atoms with van der Waals surface area (Å²) in [5.41, 5.74) is 9.20. The Hall–Kier alpha value is -4.89. The van der Waals surface area contributed by atoms with Crippen LogP contribution in [0.15, 0.2) is 114 Å². The lowest BCUT2D eigenvalue weighted by molar-refractivity contribution is 0.574. The first-order valence-electron chi connectivity index (χ1n) is 13.5. The third kappa shape index (κ3) is 2.64. The van der Waals surface area contributed by atoms with E-state index in [4.69, 9.17) is 9.40 Å². The molecule has 39 heavy (non-hydrogen) atoms. The molecule has 6 aromatic carbocycles. The predicted molar refractivity (Wildman–Crippen MR) is 161 cm³/mol. The van der Waals surface area contributed by atoms with Gasteiger partial charge in [-0.2, -0.15) is 4.98 Å². The van der Waals surface area contributed by atoms with Crippen LogP contribution in [0.1, 0.15) is 25.0 Å². The maximum Gasteiger partial charge on any atom is 0.307 e. The Morgan fingerprint density at radius 1 is 0.615 bits per heavy atom. The van der Waals surface area contributed by atoms with E-state index in [-0.39, 0.29) is 5.41 Å². The van der Waals surface area contributed by atoms with Gasteiger partial charge in [-0.25, -0.2) is 0 Å². The summed E-state index contributed by atoms with van der Waals surface area (Å²) >= 11 is 0. The Balaban J connectivity index is 1.40. The molecule has 1 aliphatic carbocycles. The predicted octanol–water partition coefficient (Wildman–Crippen LogP) is 9.54. The molecule has 0 radical (unpaired) electrons. The zero-order valence-corrected chi connectivity index (χ0v) is 21.7. The number of benzene rings is 6. The van der Waals surface area contributed by atoms with Crippen LogP contribution in [0.2, 0.25) is 0 Å². The molecule has 0 fully saturated rings. The zero-order chi connectivity index (χ0) is 25.9. The van der Waals surface area contributed by atoms with Gasteiger partial charge in [0.25, 0.3) is 0 Å². The lowest BCUT2D eigenvalue weighted by Crippen LogP contribution is -2.15. The molecule has 184 valence electrons. The maximum absolute atomic E-state index is 6.48. The molecular formula is C36H24N2O. The van der Waals surface area contributed by atoms with Crippen molar-refractivity contribution in [1.29, 1.82) is 0 Å². The molecule has 0 saturated carbocycles. The highest BCUT2D eigenvalue weighted by molar-refractivity contribution is 6.13. The number of hydrogen-bond acceptors (Lipinski definition) is 2. The van der Waals surface area contributed by atoms with Crippen LogP contribution >= 0.6 is 0 Å². The molecule has 9 rings (SSSR count). The number of fused-ring (bicyclic) bond motifs is 11. The molecule has 3 nitrogen and oxygen atoms in total. The highest BCUT2D eigenvalue weighted by Crippen LogP contribution is 2.53. The van der Waals surface area contributed by atoms with E-state index in [1.165, 1.54) is 43.8 Å². The van der Waals surface area contributed by atoms with Gasteiger partial charge >= 0.3 is 6.01 Å². The standard InChI is InChI=1S/C36H24N2O/c1-36(2)28-17-15-21-9-3-5-11-23(21)33(28)27-19-26-25-13-7-8-14-30(25)38(31(26)20-29(27)36)35-37-34-24-12-6-4-10-22(24)16-18-32(34)39-35/h3-20H,1-2H3. The van der Waals surface area contributed by atoms with Crippen molar-refractivity contribution in [2.24, 2.45) is 0 Å². The van der Waals surface area contributed by atoms with E-state index in [1.54, 1.807) is 0 Å². The molecule has 0 amide bonds. The molecule has 0 saturated heterocycles. The van der Waals surface area contributed by atoms with Gasteiger partial charge in [-0.05, 0) is 62.7 Å². The Bertz CT molecular complexity index is 2320. The van der Waals surface area contributed by atoms with Gasteiger partial charge < -0.3 is 4.42 Å². The first-order valence-corrected chi connectivity index (χ1v) is 13.5. The van der Waals surface area contributed by atoms with Crippen molar-refractivity contribution in [2.75, 3.05) is 0 Å². The fourth-order valence-electron chi connectivity index (χ4n) is 6.92. The van der Waals surface area contributed by atoms with Crippen LogP contribution in [0, 0.1) is 0 Å². The molecule has 0 atom stereocenters. The molecule has 1 aliphatic rings. The quantitative estimate of drug-likeness (QED) is 0.225. The summed E-state index contributed by atoms with van der Waals surface area (Å²) in [6, 6.07) is 39.8. The van der Waals surface area contributed by atoms with Crippen molar-refractivity contribution in [2.45, 2.75) is 19.3 Å². The summed E-state index contributed by atoms with van der Waals surface area (Å²) in [4.78, 5) is 5.09. The minimum Gasteiger partial charge on any atom is -0.423 e. The van der Waals surface area contributed by atoms with E-state index in [1.807, 2.05) is 6.07 Å². The van der Waals surface area contributed by atoms with E-state index >= 15 is 0 Å². The minimum absolute atomic E-state index is 0.123. The maximum atomic E-state index is 6.48. The van der Waals surface area contributed by atoms with Crippen LogP contribution in [-0.2, 0) is 5.41 Å². The average molecular weight is 501 g/mol. The van der Waals surface area contributed by atoms with Gasteiger partial charge in [-0.15, -0.1) is 0 Å². The van der Waals surface area contributed by atoms with Gasteiger partial charge in [0.05, 0.1) is 11.0 Å². The number of aromatic nitrogens is 2. The summed E-state index contributed by atoms with van der Waals surface area (Å²) in [5.74, 6) is 0. The van der Waals surface area contributed by atoms with Crippen LogP contribution < -0.4 is 0 Å². The normalized spacial score (nSPS) is 14.1. The molecule has 0 aliphatic heterocycles. The van der Waals surface area contributed by atoms with Gasteiger partial charge in [-0.3, -0.25) is 4.57 Å². The van der Waals surface area contributed by atoms with Crippen LogP contribution in [0.4, 0.5) is 0 Å². The van der Waals surface area contributed by atoms with E-state index < -0.39 is 0 Å². The third-order valence-electron chi connectivity index (χ3n) is 8.82. The number of nitrogens with zero attached hydrogens (tertiary/aromatic N) is 2. The summed E-state index contributed by atoms with van der Waals surface area (Å²) in [7, 11) is 0. The highest BCUT2D eigenvalue weighted by atomic mass is 16.4. The second-order valence-corrected chi connectivity index (χ2v) is 11.2. The fourth-order valence-corrected chi connectivity index (χ4v) is 6.92. The number of hydrogen-bond donors (Lipinski definition) is 0. The number of rotatable bonds is 1. The fraction of sp³-hybridized carbons (Fsp3) is 0.0833. The van der Waals surface area contributed by atoms with Gasteiger partial charge in [0.15, 0.2) is 5.58 Å². The van der Waals surface area contributed by atoms with Crippen molar-refractivity contribution in [3.8, 4) is 17.1 Å². The monoisotopic (exact) mass is 500 g/mol. The van der Waals surface area contributed by atoms with Crippen molar-refractivity contribution < 1.29 is 4.42 Å². The van der Waals surface area contributed by atoms with Crippen molar-refractivity contribution >= 4 is 54.5 Å². The lowest BCUT2D eigenvalue weighted by atomic mass is 9.82. The van der Waals surface area contributed by atoms with Crippen molar-refractivity contribution in [3.63, 3.8) is 0 Å². The van der Waals surface area contributed by atoms with Crippen LogP contribution in [-0.4, -0.2) is 9.55 Å². The van der Waals surface area contributed by atoms with Gasteiger partial charge in [0.2, 0.25) is 0 Å². The summed E-state index contributed by atoms with van der Waals surface area (Å²) in [6.45, 7) is 4.69. The first kappa shape index (κ1) is 21.1. The first-order chi connectivity index (χ1) is 19.1. The zero-order valence-electron chi connectivity index (χ0n) is 21.7. The second-order valence-electron chi connectivity index (χ2n) is 11.2. The SMILES string of the molecule is CC1(C)c2cc3c(cc2-c2c1ccc1ccccc21)c1ccccc1n3-c1nc2c(ccc3ccccc32)o1. The molecule has 0 bridgehead atoms. The largest absolute Gasteiger partial charge is 0.423 e. The lowest BCUT2D eigenvalue weighted by Gasteiger charge is -2.21. The Morgan fingerprint density at radius 3 is 2.15 bits per heavy atom. The van der Waals surface area contributed by atoms with Gasteiger partial charge in [0.1, 0.15) is 5.52 Å². The van der Waals surface area contributed by atoms with E-state index in [0.29, 0.717) is 6.01 Å². The van der Waals surface area contributed by atoms with E-state index in [9.17, 15) is 0 Å². The molecule has 0 unspecified atom stereocenters. The van der Waals surface area contributed by atoms with E-state index in [0.717, 1.165) is 32.9 Å². The van der Waals surface area contributed by atoms with Crippen LogP contribution in [0.25, 0.3) is 71.6 Å². The van der Waals surface area contributed by atoms with Crippen LogP contribution in [0.3, 0.4) is 0 Å². The topological polar surface area (TPSA) is 31.0 Å². The second kappa shape index (κ2) is 7.15. The van der Waals surface area contributed by atoms with Crippen LogP contribution in [0.5, 0.6) is 0 Å². The third-order valence-corrected chi connectivity index (χ3v) is 8.82. The van der Waals surface area contributed by atoms with E-state index in [2.05, 4.69) is 122 Å². The Labute approximate surface area is 224 Å². The molecule has 2 aromatic heterocycles. The summed E-state index contributed by atoms with van der Waals surface area (Å²) in [6.07, 6.45) is 0. The molecular weight excluding hydrogens is 476 g/mol. The number of oxazole rings is 1. The number of para-hydroxylation sites is 1. The Kier molecular flexibility index (Phi) is 3.86. The Morgan fingerprint density at radius 2 is 1.31 bits per heavy atom. The minimum atomic E-state index is -0.123. The van der Waals surface area contributed by atoms with Gasteiger partial charge in [0, 0.05) is 21.6 Å². The molecule has 2 heterocycles. The molecule has 8 aromatic rings.